The topological polar surface area (TPSA) is 77.1 Å². The first kappa shape index (κ1) is 16.1. The van der Waals surface area contributed by atoms with Crippen molar-refractivity contribution in [1.29, 1.82) is 0 Å². The van der Waals surface area contributed by atoms with Gasteiger partial charge in [-0.15, -0.1) is 0 Å². The monoisotopic (exact) mass is 280 g/mol. The molecule has 0 aliphatic rings. The van der Waals surface area contributed by atoms with E-state index < -0.39 is 0 Å². The summed E-state index contributed by atoms with van der Waals surface area (Å²) in [5.74, 6) is 1.32. The summed E-state index contributed by atoms with van der Waals surface area (Å²) in [5.41, 5.74) is 6.39. The average Bonchev–Trinajstić information content (AvgIpc) is 2.38. The second-order valence-electron chi connectivity index (χ2n) is 5.74. The molecule has 20 heavy (non-hydrogen) atoms. The molecule has 0 aromatic heterocycles. The van der Waals surface area contributed by atoms with Crippen LogP contribution in [0.1, 0.15) is 39.7 Å². The van der Waals surface area contributed by atoms with Crippen molar-refractivity contribution in [3.63, 3.8) is 0 Å². The second kappa shape index (κ2) is 7.03. The lowest BCUT2D eigenvalue weighted by atomic mass is 9.93. The number of ether oxygens (including phenoxy) is 2. The third kappa shape index (κ3) is 4.99. The molecule has 0 heterocycles. The van der Waals surface area contributed by atoms with E-state index in [1.165, 1.54) is 0 Å². The first-order valence-electron chi connectivity index (χ1n) is 6.75. The summed E-state index contributed by atoms with van der Waals surface area (Å²) in [4.78, 5) is 0. The van der Waals surface area contributed by atoms with E-state index in [0.717, 1.165) is 6.42 Å². The standard InChI is InChI=1S/C15H24N2O3/c1-5-19-13-10-11(14(16)17-18)6-7-12(13)20-9-8-15(2,3)4/h6-7,10,18H,5,8-9H2,1-4H3,(H2,16,17). The summed E-state index contributed by atoms with van der Waals surface area (Å²) in [6.45, 7) is 9.54. The Morgan fingerprint density at radius 3 is 2.50 bits per heavy atom. The molecule has 0 fully saturated rings. The number of nitrogens with zero attached hydrogens (tertiary/aromatic N) is 1. The van der Waals surface area contributed by atoms with E-state index in [0.29, 0.717) is 30.3 Å². The molecule has 1 rings (SSSR count). The van der Waals surface area contributed by atoms with Crippen LogP contribution in [0, 0.1) is 5.41 Å². The lowest BCUT2D eigenvalue weighted by Gasteiger charge is -2.19. The van der Waals surface area contributed by atoms with Gasteiger partial charge in [-0.25, -0.2) is 0 Å². The van der Waals surface area contributed by atoms with Gasteiger partial charge >= 0.3 is 0 Å². The minimum Gasteiger partial charge on any atom is -0.490 e. The quantitative estimate of drug-likeness (QED) is 0.363. The first-order valence-corrected chi connectivity index (χ1v) is 6.75. The zero-order valence-electron chi connectivity index (χ0n) is 12.6. The van der Waals surface area contributed by atoms with Crippen LogP contribution >= 0.6 is 0 Å². The molecule has 1 aromatic carbocycles. The molecule has 0 spiro atoms. The molecule has 0 aliphatic heterocycles. The maximum Gasteiger partial charge on any atom is 0.170 e. The SMILES string of the molecule is CCOc1cc(C(N)=NO)ccc1OCCC(C)(C)C. The number of nitrogens with two attached hydrogens (primary N) is 1. The zero-order chi connectivity index (χ0) is 15.2. The van der Waals surface area contributed by atoms with E-state index in [4.69, 9.17) is 20.4 Å². The van der Waals surface area contributed by atoms with Gasteiger partial charge in [0.25, 0.3) is 0 Å². The minimum absolute atomic E-state index is 0.0483. The van der Waals surface area contributed by atoms with Gasteiger partial charge in [0.2, 0.25) is 0 Å². The van der Waals surface area contributed by atoms with Gasteiger partial charge in [0, 0.05) is 5.56 Å². The number of benzene rings is 1. The predicted octanol–water partition coefficient (Wildman–Crippen LogP) is 2.99. The first-order chi connectivity index (χ1) is 9.37. The molecule has 5 nitrogen and oxygen atoms in total. The third-order valence-corrected chi connectivity index (χ3v) is 2.76. The molecular weight excluding hydrogens is 256 g/mol. The molecule has 0 aliphatic carbocycles. The van der Waals surface area contributed by atoms with Crippen LogP contribution in [0.4, 0.5) is 0 Å². The van der Waals surface area contributed by atoms with Crippen LogP contribution in [-0.4, -0.2) is 24.3 Å². The van der Waals surface area contributed by atoms with Gasteiger partial charge in [0.15, 0.2) is 17.3 Å². The maximum atomic E-state index is 8.70. The van der Waals surface area contributed by atoms with Crippen LogP contribution in [0.25, 0.3) is 0 Å². The highest BCUT2D eigenvalue weighted by molar-refractivity contribution is 5.97. The van der Waals surface area contributed by atoms with Crippen molar-refractivity contribution in [2.24, 2.45) is 16.3 Å². The highest BCUT2D eigenvalue weighted by Crippen LogP contribution is 2.29. The molecular formula is C15H24N2O3. The van der Waals surface area contributed by atoms with Gasteiger partial charge in [-0.1, -0.05) is 25.9 Å². The van der Waals surface area contributed by atoms with Crippen LogP contribution < -0.4 is 15.2 Å². The molecule has 0 saturated carbocycles. The molecule has 0 amide bonds. The summed E-state index contributed by atoms with van der Waals surface area (Å²) in [6.07, 6.45) is 0.945. The van der Waals surface area contributed by atoms with Gasteiger partial charge in [0.05, 0.1) is 13.2 Å². The lowest BCUT2D eigenvalue weighted by molar-refractivity contribution is 0.229. The van der Waals surface area contributed by atoms with E-state index in [1.807, 2.05) is 6.92 Å². The fourth-order valence-electron chi connectivity index (χ4n) is 1.58. The van der Waals surface area contributed by atoms with Crippen LogP contribution in [0.3, 0.4) is 0 Å². The molecule has 0 bridgehead atoms. The Morgan fingerprint density at radius 1 is 1.25 bits per heavy atom. The Morgan fingerprint density at radius 2 is 1.95 bits per heavy atom. The van der Waals surface area contributed by atoms with Gasteiger partial charge in [-0.3, -0.25) is 0 Å². The lowest BCUT2D eigenvalue weighted by Crippen LogP contribution is -2.14. The number of hydrogen-bond acceptors (Lipinski definition) is 4. The number of rotatable bonds is 6. The van der Waals surface area contributed by atoms with Crippen molar-refractivity contribution in [2.45, 2.75) is 34.1 Å². The van der Waals surface area contributed by atoms with E-state index in [9.17, 15) is 0 Å². The van der Waals surface area contributed by atoms with E-state index in [-0.39, 0.29) is 11.3 Å². The highest BCUT2D eigenvalue weighted by atomic mass is 16.5. The molecule has 0 unspecified atom stereocenters. The third-order valence-electron chi connectivity index (χ3n) is 2.76. The summed E-state index contributed by atoms with van der Waals surface area (Å²) in [5, 5.41) is 11.7. The van der Waals surface area contributed by atoms with Gasteiger partial charge in [-0.05, 0) is 37.0 Å². The van der Waals surface area contributed by atoms with Crippen LogP contribution in [0.5, 0.6) is 11.5 Å². The van der Waals surface area contributed by atoms with Gasteiger partial charge < -0.3 is 20.4 Å². The summed E-state index contributed by atoms with van der Waals surface area (Å²) < 4.78 is 11.3. The number of amidine groups is 1. The molecule has 0 saturated heterocycles. The van der Waals surface area contributed by atoms with Crippen LogP contribution in [-0.2, 0) is 0 Å². The second-order valence-corrected chi connectivity index (χ2v) is 5.74. The maximum absolute atomic E-state index is 8.70. The van der Waals surface area contributed by atoms with Crippen LogP contribution in [0.15, 0.2) is 23.4 Å². The van der Waals surface area contributed by atoms with Gasteiger partial charge in [-0.2, -0.15) is 0 Å². The van der Waals surface area contributed by atoms with E-state index >= 15 is 0 Å². The van der Waals surface area contributed by atoms with Crippen molar-refractivity contribution in [3.8, 4) is 11.5 Å². The Labute approximate surface area is 120 Å². The molecule has 3 N–H and O–H groups in total. The molecule has 112 valence electrons. The summed E-state index contributed by atoms with van der Waals surface area (Å²) >= 11 is 0. The summed E-state index contributed by atoms with van der Waals surface area (Å²) in [6, 6.07) is 5.23. The molecule has 5 heteroatoms. The van der Waals surface area contributed by atoms with Crippen molar-refractivity contribution < 1.29 is 14.7 Å². The fraction of sp³-hybridized carbons (Fsp3) is 0.533. The van der Waals surface area contributed by atoms with E-state index in [2.05, 4.69) is 25.9 Å². The molecule has 0 radical (unpaired) electrons. The van der Waals surface area contributed by atoms with Gasteiger partial charge in [0.1, 0.15) is 0 Å². The number of oxime groups is 1. The molecule has 0 atom stereocenters. The Kier molecular flexibility index (Phi) is 5.67. The van der Waals surface area contributed by atoms with Crippen molar-refractivity contribution >= 4 is 5.84 Å². The Hall–Kier alpha value is -1.91. The average molecular weight is 280 g/mol. The van der Waals surface area contributed by atoms with Crippen molar-refractivity contribution in [2.75, 3.05) is 13.2 Å². The number of hydrogen-bond donors (Lipinski definition) is 2. The Balaban J connectivity index is 2.84. The largest absolute Gasteiger partial charge is 0.490 e. The normalized spacial score (nSPS) is 12.3. The predicted molar refractivity (Wildman–Crippen MR) is 79.7 cm³/mol. The van der Waals surface area contributed by atoms with E-state index in [1.54, 1.807) is 18.2 Å². The Bertz CT molecular complexity index is 465. The fourth-order valence-corrected chi connectivity index (χ4v) is 1.58. The van der Waals surface area contributed by atoms with Crippen LogP contribution in [0.2, 0.25) is 0 Å². The highest BCUT2D eigenvalue weighted by Gasteiger charge is 2.12. The molecule has 1 aromatic rings. The smallest absolute Gasteiger partial charge is 0.170 e. The van der Waals surface area contributed by atoms with Crippen molar-refractivity contribution in [3.05, 3.63) is 23.8 Å². The van der Waals surface area contributed by atoms with Crippen molar-refractivity contribution in [1.82, 2.24) is 0 Å². The summed E-state index contributed by atoms with van der Waals surface area (Å²) in [7, 11) is 0. The zero-order valence-corrected chi connectivity index (χ0v) is 12.6. The minimum atomic E-state index is 0.0483.